The number of rotatable bonds is 3. The van der Waals surface area contributed by atoms with Crippen LogP contribution < -0.4 is 24.2 Å². The summed E-state index contributed by atoms with van der Waals surface area (Å²) in [6.07, 6.45) is 4.08. The molecule has 0 atom stereocenters. The van der Waals surface area contributed by atoms with Crippen LogP contribution in [0.25, 0.3) is 11.1 Å². The molecule has 0 saturated heterocycles. The van der Waals surface area contributed by atoms with Crippen molar-refractivity contribution in [2.45, 2.75) is 30.2 Å². The van der Waals surface area contributed by atoms with Gasteiger partial charge in [0.2, 0.25) is 5.69 Å². The Hall–Kier alpha value is -2.89. The van der Waals surface area contributed by atoms with Gasteiger partial charge in [0, 0.05) is 41.7 Å². The zero-order valence-corrected chi connectivity index (χ0v) is 24.4. The van der Waals surface area contributed by atoms with E-state index in [9.17, 15) is 17.8 Å². The number of hydrogen-bond acceptors (Lipinski definition) is 7. The van der Waals surface area contributed by atoms with E-state index in [-0.39, 0.29) is 10.5 Å². The largest absolute Gasteiger partial charge is 0.744 e. The highest BCUT2D eigenvalue weighted by Gasteiger charge is 2.25. The zero-order chi connectivity index (χ0) is 27.6. The number of aromatic nitrogens is 2. The Bertz CT molecular complexity index is 1780. The molecule has 1 aliphatic heterocycles. The molecule has 0 fully saturated rings. The summed E-state index contributed by atoms with van der Waals surface area (Å²) in [7, 11) is -0.279. The second-order valence-corrected chi connectivity index (χ2v) is 12.4. The van der Waals surface area contributed by atoms with Crippen LogP contribution in [0.15, 0.2) is 81.4 Å². The third-order valence-electron chi connectivity index (χ3n) is 5.89. The lowest BCUT2D eigenvalue weighted by molar-refractivity contribution is -0.673. The SMILES string of the molecule is CCn1c(=O)/c(=C2/Sc3ccc(Cl)cc3N2C)s/c1=C/c1cccc[n+]1C.Cc1ccc(S(=O)(=O)[O-])cc1. The van der Waals surface area contributed by atoms with E-state index >= 15 is 0 Å². The Morgan fingerprint density at radius 3 is 2.45 bits per heavy atom. The molecule has 0 amide bonds. The van der Waals surface area contributed by atoms with Gasteiger partial charge in [-0.2, -0.15) is 0 Å². The normalized spacial score (nSPS) is 14.8. The van der Waals surface area contributed by atoms with E-state index in [0.29, 0.717) is 11.6 Å². The molecule has 0 bridgehead atoms. The number of halogens is 1. The molecule has 3 heterocycles. The molecule has 198 valence electrons. The number of benzene rings is 2. The van der Waals surface area contributed by atoms with Gasteiger partial charge < -0.3 is 9.45 Å². The van der Waals surface area contributed by atoms with E-state index in [1.807, 2.05) is 79.7 Å². The van der Waals surface area contributed by atoms with Gasteiger partial charge in [0.1, 0.15) is 31.4 Å². The summed E-state index contributed by atoms with van der Waals surface area (Å²) in [6, 6.07) is 17.7. The van der Waals surface area contributed by atoms with Crippen molar-refractivity contribution < 1.29 is 17.5 Å². The molecule has 11 heteroatoms. The monoisotopic (exact) mass is 587 g/mol. The Balaban J connectivity index is 0.000000257. The molecule has 0 N–H and O–H groups in total. The molecule has 38 heavy (non-hydrogen) atoms. The van der Waals surface area contributed by atoms with E-state index < -0.39 is 10.1 Å². The number of thiazole rings is 1. The van der Waals surface area contributed by atoms with Gasteiger partial charge in [-0.1, -0.05) is 41.1 Å². The van der Waals surface area contributed by atoms with Crippen LogP contribution in [0, 0.1) is 6.92 Å². The minimum Gasteiger partial charge on any atom is -0.744 e. The van der Waals surface area contributed by atoms with Gasteiger partial charge in [-0.3, -0.25) is 9.36 Å². The smallest absolute Gasteiger partial charge is 0.271 e. The lowest BCUT2D eigenvalue weighted by Gasteiger charge is -2.12. The standard InChI is InChI=1S/C20H19ClN3OS2.C7H8O3S/c1-4-24-17(12-14-7-5-6-10-22(14)2)27-18(19(24)25)20-23(3)15-11-13(21)8-9-16(15)26-20;1-6-2-4-7(5-3-6)11(8,9)10/h5-12H,4H2,1-3H3;2-5H,1H3,(H,8,9,10)/q+1;/p-1/b20-18-;. The maximum atomic E-state index is 13.1. The molecule has 1 aliphatic rings. The predicted octanol–water partition coefficient (Wildman–Crippen LogP) is 3.44. The second-order valence-electron chi connectivity index (χ2n) is 8.55. The summed E-state index contributed by atoms with van der Waals surface area (Å²) >= 11 is 9.32. The van der Waals surface area contributed by atoms with Gasteiger partial charge in [-0.15, -0.1) is 11.3 Å². The average Bonchev–Trinajstić information content (AvgIpc) is 3.36. The van der Waals surface area contributed by atoms with Crippen molar-refractivity contribution in [3.8, 4) is 0 Å². The van der Waals surface area contributed by atoms with E-state index in [0.717, 1.165) is 36.1 Å². The highest BCUT2D eigenvalue weighted by molar-refractivity contribution is 8.08. The first-order valence-electron chi connectivity index (χ1n) is 11.6. The Morgan fingerprint density at radius 1 is 1.11 bits per heavy atom. The molecule has 0 radical (unpaired) electrons. The third-order valence-corrected chi connectivity index (χ3v) is 9.46. The molecule has 0 unspecified atom stereocenters. The fourth-order valence-electron chi connectivity index (χ4n) is 3.81. The molecule has 0 spiro atoms. The highest BCUT2D eigenvalue weighted by Crippen LogP contribution is 2.46. The molecule has 4 aromatic rings. The zero-order valence-electron chi connectivity index (χ0n) is 21.2. The van der Waals surface area contributed by atoms with E-state index in [2.05, 4.69) is 11.0 Å². The molecule has 0 aliphatic carbocycles. The minimum atomic E-state index is -4.27. The summed E-state index contributed by atoms with van der Waals surface area (Å²) < 4.78 is 36.8. The third kappa shape index (κ3) is 6.05. The van der Waals surface area contributed by atoms with Crippen LogP contribution in [-0.2, 0) is 23.7 Å². The summed E-state index contributed by atoms with van der Waals surface area (Å²) in [5, 5.41) is 1.66. The van der Waals surface area contributed by atoms with Crippen LogP contribution in [-0.4, -0.2) is 24.6 Å². The Morgan fingerprint density at radius 2 is 1.82 bits per heavy atom. The predicted molar refractivity (Wildman–Crippen MR) is 153 cm³/mol. The summed E-state index contributed by atoms with van der Waals surface area (Å²) in [5.41, 5.74) is 3.08. The number of thioether (sulfide) groups is 1. The average molecular weight is 588 g/mol. The van der Waals surface area contributed by atoms with Crippen molar-refractivity contribution in [2.75, 3.05) is 11.9 Å². The van der Waals surface area contributed by atoms with Crippen molar-refractivity contribution >= 4 is 61.6 Å². The van der Waals surface area contributed by atoms with Crippen LogP contribution in [0.5, 0.6) is 0 Å². The van der Waals surface area contributed by atoms with Crippen molar-refractivity contribution in [1.82, 2.24) is 4.57 Å². The maximum Gasteiger partial charge on any atom is 0.271 e. The summed E-state index contributed by atoms with van der Waals surface area (Å²) in [4.78, 5) is 16.1. The van der Waals surface area contributed by atoms with Crippen molar-refractivity contribution in [3.05, 3.63) is 103 Å². The maximum absolute atomic E-state index is 13.1. The molecular formula is C27H26ClN3O4S3. The summed E-state index contributed by atoms with van der Waals surface area (Å²) in [5.74, 6) is 0. The van der Waals surface area contributed by atoms with Crippen LogP contribution in [0.1, 0.15) is 18.2 Å². The van der Waals surface area contributed by atoms with Crippen LogP contribution in [0.4, 0.5) is 5.69 Å². The molecular weight excluding hydrogens is 562 g/mol. The molecule has 2 aromatic heterocycles. The fourth-order valence-corrected chi connectivity index (χ4v) is 6.88. The molecule has 5 rings (SSSR count). The van der Waals surface area contributed by atoms with Crippen molar-refractivity contribution in [2.24, 2.45) is 7.05 Å². The Labute approximate surface area is 234 Å². The van der Waals surface area contributed by atoms with E-state index in [1.165, 1.54) is 23.5 Å². The van der Waals surface area contributed by atoms with Gasteiger partial charge >= 0.3 is 0 Å². The number of anilines is 1. The van der Waals surface area contributed by atoms with Gasteiger partial charge in [-0.05, 0) is 50.2 Å². The number of aryl methyl sites for hydroxylation is 2. The number of pyridine rings is 1. The minimum absolute atomic E-state index is 0.0561. The first-order valence-corrected chi connectivity index (χ1v) is 15.1. The van der Waals surface area contributed by atoms with Gasteiger partial charge in [-0.25, -0.2) is 13.0 Å². The van der Waals surface area contributed by atoms with Crippen molar-refractivity contribution in [3.63, 3.8) is 0 Å². The summed E-state index contributed by atoms with van der Waals surface area (Å²) in [6.45, 7) is 4.46. The topological polar surface area (TPSA) is 86.3 Å². The lowest BCUT2D eigenvalue weighted by atomic mass is 10.2. The van der Waals surface area contributed by atoms with Crippen LogP contribution in [0.3, 0.4) is 0 Å². The highest BCUT2D eigenvalue weighted by atomic mass is 35.5. The first-order chi connectivity index (χ1) is 18.0. The van der Waals surface area contributed by atoms with Crippen LogP contribution in [0.2, 0.25) is 5.02 Å². The van der Waals surface area contributed by atoms with Gasteiger partial charge in [0.15, 0.2) is 6.20 Å². The molecule has 7 nitrogen and oxygen atoms in total. The number of fused-ring (bicyclic) bond motifs is 1. The number of nitrogens with zero attached hydrogens (tertiary/aromatic N) is 3. The second kappa shape index (κ2) is 11.5. The Kier molecular flexibility index (Phi) is 8.49. The quantitative estimate of drug-likeness (QED) is 0.270. The molecule has 0 saturated carbocycles. The van der Waals surface area contributed by atoms with E-state index in [4.69, 9.17) is 11.6 Å². The van der Waals surface area contributed by atoms with E-state index in [1.54, 1.807) is 23.9 Å². The van der Waals surface area contributed by atoms with Gasteiger partial charge in [0.25, 0.3) is 5.56 Å². The van der Waals surface area contributed by atoms with Gasteiger partial charge in [0.05, 0.1) is 10.6 Å². The lowest BCUT2D eigenvalue weighted by Crippen LogP contribution is -2.34. The number of hydrogen-bond donors (Lipinski definition) is 0. The van der Waals surface area contributed by atoms with Crippen molar-refractivity contribution in [1.29, 1.82) is 0 Å². The van der Waals surface area contributed by atoms with Crippen LogP contribution >= 0.6 is 34.7 Å². The first kappa shape index (κ1) is 28.1. The molecule has 2 aromatic carbocycles. The fraction of sp³-hybridized carbons (Fsp3) is 0.185.